The number of aryl methyl sites for hydroxylation is 1. The molecule has 4 aromatic rings. The van der Waals surface area contributed by atoms with Crippen molar-refractivity contribution in [3.8, 4) is 16.8 Å². The van der Waals surface area contributed by atoms with Crippen molar-refractivity contribution in [2.45, 2.75) is 33.2 Å². The molecule has 1 atom stereocenters. The Balaban J connectivity index is 1.72. The molecule has 0 radical (unpaired) electrons. The molecule has 1 aliphatic rings. The van der Waals surface area contributed by atoms with Crippen LogP contribution < -0.4 is 5.32 Å². The molecule has 0 fully saturated rings. The predicted octanol–water partition coefficient (Wildman–Crippen LogP) is 4.81. The van der Waals surface area contributed by atoms with Crippen LogP contribution in [0.2, 0.25) is 5.02 Å². The van der Waals surface area contributed by atoms with Crippen molar-refractivity contribution in [3.05, 3.63) is 92.6 Å². The highest BCUT2D eigenvalue weighted by Crippen LogP contribution is 2.39. The molecule has 3 aromatic heterocycles. The number of carbonyl (C=O) groups is 1. The number of halogens is 1. The van der Waals surface area contributed by atoms with Crippen LogP contribution in [-0.2, 0) is 4.79 Å². The molecule has 5 rings (SSSR count). The number of aliphatic imine (C=N–C) groups is 1. The number of thiophene rings is 1. The Bertz CT molecular complexity index is 1530. The summed E-state index contributed by atoms with van der Waals surface area (Å²) in [5.74, 6) is 7.75. The van der Waals surface area contributed by atoms with E-state index in [1.54, 1.807) is 17.5 Å². The van der Waals surface area contributed by atoms with Gasteiger partial charge in [-0.2, -0.15) is 0 Å². The molecule has 180 valence electrons. The molecule has 0 spiro atoms. The lowest BCUT2D eigenvalue weighted by molar-refractivity contribution is -0.121. The van der Waals surface area contributed by atoms with Crippen molar-refractivity contribution in [1.29, 1.82) is 0 Å². The van der Waals surface area contributed by atoms with Crippen molar-refractivity contribution in [3.63, 3.8) is 0 Å². The number of hydrogen-bond donors (Lipinski definition) is 1. The van der Waals surface area contributed by atoms with Crippen LogP contribution in [0, 0.1) is 25.7 Å². The second-order valence-corrected chi connectivity index (χ2v) is 9.74. The van der Waals surface area contributed by atoms with E-state index in [1.807, 2.05) is 67.8 Å². The molecular weight excluding hydrogens is 492 g/mol. The fraction of sp³-hybridized carbons (Fsp3) is 0.222. The summed E-state index contributed by atoms with van der Waals surface area (Å²) in [5, 5.41) is 13.2. The zero-order chi connectivity index (χ0) is 25.2. The minimum absolute atomic E-state index is 0.0854. The molecule has 0 bridgehead atoms. The summed E-state index contributed by atoms with van der Waals surface area (Å²) in [6, 6.07) is 12.8. The van der Waals surface area contributed by atoms with E-state index in [-0.39, 0.29) is 12.3 Å². The first kappa shape index (κ1) is 23.9. The number of nitrogens with one attached hydrogen (secondary N) is 1. The van der Waals surface area contributed by atoms with Gasteiger partial charge >= 0.3 is 0 Å². The van der Waals surface area contributed by atoms with Gasteiger partial charge in [-0.3, -0.25) is 14.4 Å². The van der Waals surface area contributed by atoms with Crippen LogP contribution in [0.4, 0.5) is 0 Å². The van der Waals surface area contributed by atoms with Gasteiger partial charge < -0.3 is 5.32 Å². The minimum Gasteiger partial charge on any atom is -0.356 e. The summed E-state index contributed by atoms with van der Waals surface area (Å²) in [4.78, 5) is 23.0. The van der Waals surface area contributed by atoms with Crippen molar-refractivity contribution < 1.29 is 4.79 Å². The van der Waals surface area contributed by atoms with E-state index in [4.69, 9.17) is 16.6 Å². The van der Waals surface area contributed by atoms with Crippen molar-refractivity contribution >= 4 is 34.6 Å². The molecule has 1 aromatic carbocycles. The highest BCUT2D eigenvalue weighted by molar-refractivity contribution is 7.15. The van der Waals surface area contributed by atoms with Crippen molar-refractivity contribution in [1.82, 2.24) is 25.1 Å². The SMILES string of the molecule is CCNC(=O)C[C@@H]1N=C(c2ccc(Cl)cc2)c2c(sc(C#Cc3ccccn3)c2C)-n2c(C)nnc21. The highest BCUT2D eigenvalue weighted by atomic mass is 35.5. The number of nitrogens with zero attached hydrogens (tertiary/aromatic N) is 5. The second-order valence-electron chi connectivity index (χ2n) is 8.30. The molecule has 0 aliphatic carbocycles. The molecule has 7 nitrogen and oxygen atoms in total. The largest absolute Gasteiger partial charge is 0.356 e. The van der Waals surface area contributed by atoms with Crippen molar-refractivity contribution in [2.75, 3.05) is 6.54 Å². The first-order valence-corrected chi connectivity index (χ1v) is 12.7. The van der Waals surface area contributed by atoms with Gasteiger partial charge in [-0.15, -0.1) is 21.5 Å². The Hall–Kier alpha value is -3.80. The van der Waals surface area contributed by atoms with Crippen LogP contribution in [-0.4, -0.2) is 37.9 Å². The standard InChI is InChI=1S/C27H23ClN6OS/c1-4-29-23(35)15-21-26-33-32-17(3)34(26)27-24(25(31-21)18-8-10-19(28)11-9-18)16(2)22(36-27)13-12-20-7-5-6-14-30-20/h5-11,14,21H,4,15H2,1-3H3,(H,29,35)/t21-/m0/s1. The van der Waals surface area contributed by atoms with Gasteiger partial charge in [-0.1, -0.05) is 29.8 Å². The highest BCUT2D eigenvalue weighted by Gasteiger charge is 2.32. The number of carbonyl (C=O) groups excluding carboxylic acids is 1. The lowest BCUT2D eigenvalue weighted by Gasteiger charge is -2.12. The maximum absolute atomic E-state index is 12.6. The van der Waals surface area contributed by atoms with Crippen LogP contribution in [0.1, 0.15) is 58.3 Å². The van der Waals surface area contributed by atoms with Gasteiger partial charge in [0.2, 0.25) is 5.91 Å². The molecule has 9 heteroatoms. The van der Waals surface area contributed by atoms with Crippen molar-refractivity contribution in [2.24, 2.45) is 4.99 Å². The number of pyridine rings is 1. The van der Waals surface area contributed by atoms with Gasteiger partial charge in [-0.05, 0) is 62.4 Å². The third kappa shape index (κ3) is 4.55. The fourth-order valence-corrected chi connectivity index (χ4v) is 5.49. The van der Waals surface area contributed by atoms with Crippen LogP contribution >= 0.6 is 22.9 Å². The summed E-state index contributed by atoms with van der Waals surface area (Å²) in [6.45, 7) is 6.40. The van der Waals surface area contributed by atoms with Gasteiger partial charge in [0, 0.05) is 28.9 Å². The van der Waals surface area contributed by atoms with Crippen LogP contribution in [0.3, 0.4) is 0 Å². The minimum atomic E-state index is -0.495. The Morgan fingerprint density at radius 3 is 2.67 bits per heavy atom. The molecule has 1 N–H and O–H groups in total. The molecule has 1 amide bonds. The number of fused-ring (bicyclic) bond motifs is 3. The van der Waals surface area contributed by atoms with Crippen LogP contribution in [0.15, 0.2) is 53.7 Å². The number of benzene rings is 1. The van der Waals surface area contributed by atoms with Gasteiger partial charge in [0.25, 0.3) is 0 Å². The molecule has 4 heterocycles. The zero-order valence-corrected chi connectivity index (χ0v) is 21.6. The van der Waals surface area contributed by atoms with E-state index in [1.165, 1.54) is 0 Å². The number of aromatic nitrogens is 4. The van der Waals surface area contributed by atoms with Gasteiger partial charge in [0.15, 0.2) is 5.82 Å². The maximum Gasteiger partial charge on any atom is 0.222 e. The molecule has 0 saturated carbocycles. The Morgan fingerprint density at radius 2 is 1.94 bits per heavy atom. The van der Waals surface area contributed by atoms with Gasteiger partial charge in [0.1, 0.15) is 22.6 Å². The maximum atomic E-state index is 12.6. The lowest BCUT2D eigenvalue weighted by atomic mass is 9.99. The number of rotatable bonds is 4. The van der Waals surface area contributed by atoms with E-state index in [2.05, 4.69) is 32.3 Å². The Kier molecular flexibility index (Phi) is 6.68. The van der Waals surface area contributed by atoms with E-state index < -0.39 is 6.04 Å². The smallest absolute Gasteiger partial charge is 0.222 e. The summed E-state index contributed by atoms with van der Waals surface area (Å²) < 4.78 is 2.01. The molecule has 36 heavy (non-hydrogen) atoms. The lowest BCUT2D eigenvalue weighted by Crippen LogP contribution is -2.25. The number of hydrogen-bond acceptors (Lipinski definition) is 6. The Labute approximate surface area is 218 Å². The second kappa shape index (κ2) is 10.1. The monoisotopic (exact) mass is 514 g/mol. The van der Waals surface area contributed by atoms with E-state index in [0.29, 0.717) is 23.1 Å². The Morgan fingerprint density at radius 1 is 1.14 bits per heavy atom. The molecule has 0 unspecified atom stereocenters. The third-order valence-electron chi connectivity index (χ3n) is 5.84. The average Bonchev–Trinajstić information content (AvgIpc) is 3.37. The normalized spacial score (nSPS) is 14.1. The summed E-state index contributed by atoms with van der Waals surface area (Å²) in [5.41, 5.74) is 4.35. The molecule has 1 aliphatic heterocycles. The summed E-state index contributed by atoms with van der Waals surface area (Å²) in [7, 11) is 0. The fourth-order valence-electron chi connectivity index (χ4n) is 4.14. The average molecular weight is 515 g/mol. The van der Waals surface area contributed by atoms with Gasteiger partial charge in [0.05, 0.1) is 17.0 Å². The summed E-state index contributed by atoms with van der Waals surface area (Å²) >= 11 is 7.75. The van der Waals surface area contributed by atoms with E-state index in [0.717, 1.165) is 38.1 Å². The van der Waals surface area contributed by atoms with E-state index in [9.17, 15) is 4.79 Å². The zero-order valence-electron chi connectivity index (χ0n) is 20.0. The van der Waals surface area contributed by atoms with Crippen LogP contribution in [0.5, 0.6) is 0 Å². The van der Waals surface area contributed by atoms with Crippen LogP contribution in [0.25, 0.3) is 5.00 Å². The van der Waals surface area contributed by atoms with Gasteiger partial charge in [-0.25, -0.2) is 4.98 Å². The first-order chi connectivity index (χ1) is 17.5. The number of amides is 1. The molecular formula is C27H23ClN6OS. The molecule has 0 saturated heterocycles. The topological polar surface area (TPSA) is 85.1 Å². The predicted molar refractivity (Wildman–Crippen MR) is 142 cm³/mol. The first-order valence-electron chi connectivity index (χ1n) is 11.6. The van der Waals surface area contributed by atoms with E-state index >= 15 is 0 Å². The third-order valence-corrected chi connectivity index (χ3v) is 7.28. The summed E-state index contributed by atoms with van der Waals surface area (Å²) in [6.07, 6.45) is 1.90. The quantitative estimate of drug-likeness (QED) is 0.396.